The Kier molecular flexibility index (Phi) is 3.02. The van der Waals surface area contributed by atoms with Gasteiger partial charge in [0.05, 0.1) is 11.3 Å². The maximum Gasteiger partial charge on any atom is 0.172 e. The number of nitrogens with zero attached hydrogens (tertiary/aromatic N) is 1. The fraction of sp³-hybridized carbons (Fsp3) is 0.167. The minimum atomic E-state index is 0.162. The molecule has 0 saturated heterocycles. The van der Waals surface area contributed by atoms with Crippen molar-refractivity contribution in [3.8, 4) is 0 Å². The Bertz CT molecular complexity index is 496. The number of thioether (sulfide) groups is 1. The van der Waals surface area contributed by atoms with Crippen LogP contribution in [0.3, 0.4) is 0 Å². The summed E-state index contributed by atoms with van der Waals surface area (Å²) in [6.45, 7) is 0. The third kappa shape index (κ3) is 2.18. The number of aromatic nitrogens is 1. The molecule has 0 aliphatic carbocycles. The molecule has 0 aliphatic rings. The van der Waals surface area contributed by atoms with Crippen molar-refractivity contribution in [2.24, 2.45) is 0 Å². The van der Waals surface area contributed by atoms with E-state index < -0.39 is 0 Å². The Labute approximate surface area is 92.7 Å². The number of hydrogen-bond donors (Lipinski definition) is 0. The monoisotopic (exact) mass is 217 g/mol. The third-order valence-electron chi connectivity index (χ3n) is 2.20. The van der Waals surface area contributed by atoms with Crippen LogP contribution in [0.4, 0.5) is 0 Å². The molecule has 1 heterocycles. The third-order valence-corrected chi connectivity index (χ3v) is 2.75. The number of fused-ring (bicyclic) bond motifs is 1. The SMILES string of the molecule is CSCC(=O)c1ccc2cccnc2c1. The first-order valence-corrected chi connectivity index (χ1v) is 6.07. The van der Waals surface area contributed by atoms with Gasteiger partial charge < -0.3 is 0 Å². The van der Waals surface area contributed by atoms with Gasteiger partial charge in [-0.15, -0.1) is 0 Å². The van der Waals surface area contributed by atoms with E-state index in [9.17, 15) is 4.79 Å². The molecule has 2 nitrogen and oxygen atoms in total. The number of hydrogen-bond acceptors (Lipinski definition) is 3. The van der Waals surface area contributed by atoms with E-state index in [1.54, 1.807) is 18.0 Å². The molecular formula is C12H11NOS. The first-order valence-electron chi connectivity index (χ1n) is 4.68. The molecule has 0 bridgehead atoms. The highest BCUT2D eigenvalue weighted by molar-refractivity contribution is 7.99. The van der Waals surface area contributed by atoms with E-state index in [1.807, 2.05) is 36.6 Å². The van der Waals surface area contributed by atoms with E-state index in [2.05, 4.69) is 4.98 Å². The Morgan fingerprint density at radius 2 is 2.27 bits per heavy atom. The molecular weight excluding hydrogens is 206 g/mol. The van der Waals surface area contributed by atoms with Gasteiger partial charge >= 0.3 is 0 Å². The zero-order valence-electron chi connectivity index (χ0n) is 8.43. The first kappa shape index (κ1) is 10.2. The van der Waals surface area contributed by atoms with Crippen molar-refractivity contribution in [3.63, 3.8) is 0 Å². The molecule has 0 aliphatic heterocycles. The Morgan fingerprint density at radius 1 is 1.40 bits per heavy atom. The van der Waals surface area contributed by atoms with Gasteiger partial charge in [0.1, 0.15) is 0 Å². The lowest BCUT2D eigenvalue weighted by Gasteiger charge is -2.01. The van der Waals surface area contributed by atoms with Crippen molar-refractivity contribution in [2.45, 2.75) is 0 Å². The second-order valence-electron chi connectivity index (χ2n) is 3.27. The Morgan fingerprint density at radius 3 is 3.07 bits per heavy atom. The topological polar surface area (TPSA) is 30.0 Å². The van der Waals surface area contributed by atoms with Crippen LogP contribution in [0.5, 0.6) is 0 Å². The van der Waals surface area contributed by atoms with Gasteiger partial charge in [-0.1, -0.05) is 18.2 Å². The summed E-state index contributed by atoms with van der Waals surface area (Å²) >= 11 is 1.54. The summed E-state index contributed by atoms with van der Waals surface area (Å²) in [4.78, 5) is 15.9. The zero-order valence-corrected chi connectivity index (χ0v) is 9.25. The largest absolute Gasteiger partial charge is 0.293 e. The summed E-state index contributed by atoms with van der Waals surface area (Å²) in [5.41, 5.74) is 1.63. The van der Waals surface area contributed by atoms with Crippen molar-refractivity contribution in [3.05, 3.63) is 42.1 Å². The van der Waals surface area contributed by atoms with Crippen LogP contribution >= 0.6 is 11.8 Å². The van der Waals surface area contributed by atoms with Crippen molar-refractivity contribution in [1.29, 1.82) is 0 Å². The minimum Gasteiger partial charge on any atom is -0.293 e. The minimum absolute atomic E-state index is 0.162. The molecule has 0 atom stereocenters. The highest BCUT2D eigenvalue weighted by Gasteiger charge is 2.05. The number of benzene rings is 1. The maximum absolute atomic E-state index is 11.6. The smallest absolute Gasteiger partial charge is 0.172 e. The molecule has 0 unspecified atom stereocenters. The van der Waals surface area contributed by atoms with Crippen molar-refractivity contribution in [2.75, 3.05) is 12.0 Å². The molecule has 2 rings (SSSR count). The number of rotatable bonds is 3. The number of ketones is 1. The summed E-state index contributed by atoms with van der Waals surface area (Å²) < 4.78 is 0. The predicted molar refractivity (Wildman–Crippen MR) is 64.5 cm³/mol. The van der Waals surface area contributed by atoms with Crippen LogP contribution in [-0.2, 0) is 0 Å². The quantitative estimate of drug-likeness (QED) is 0.740. The second-order valence-corrected chi connectivity index (χ2v) is 4.13. The standard InChI is InChI=1S/C12H11NOS/c1-15-8-12(14)10-5-4-9-3-2-6-13-11(9)7-10/h2-7H,8H2,1H3. The van der Waals surface area contributed by atoms with Gasteiger partial charge in [-0.3, -0.25) is 9.78 Å². The summed E-state index contributed by atoms with van der Waals surface area (Å²) in [6, 6.07) is 9.54. The predicted octanol–water partition coefficient (Wildman–Crippen LogP) is 2.78. The Hall–Kier alpha value is -1.35. The Balaban J connectivity index is 2.42. The molecule has 2 aromatic rings. The molecule has 0 amide bonds. The molecule has 0 spiro atoms. The number of carbonyl (C=O) groups is 1. The molecule has 0 N–H and O–H groups in total. The van der Waals surface area contributed by atoms with E-state index in [4.69, 9.17) is 0 Å². The van der Waals surface area contributed by atoms with Gasteiger partial charge in [0.15, 0.2) is 5.78 Å². The number of carbonyl (C=O) groups excluding carboxylic acids is 1. The molecule has 0 radical (unpaired) electrons. The van der Waals surface area contributed by atoms with Crippen LogP contribution in [0, 0.1) is 0 Å². The maximum atomic E-state index is 11.6. The van der Waals surface area contributed by atoms with Crippen LogP contribution in [0.25, 0.3) is 10.9 Å². The van der Waals surface area contributed by atoms with Gasteiger partial charge in [0.25, 0.3) is 0 Å². The molecule has 3 heteroatoms. The van der Waals surface area contributed by atoms with E-state index in [1.165, 1.54) is 0 Å². The van der Waals surface area contributed by atoms with E-state index in [0.717, 1.165) is 16.5 Å². The van der Waals surface area contributed by atoms with Crippen LogP contribution < -0.4 is 0 Å². The zero-order chi connectivity index (χ0) is 10.7. The highest BCUT2D eigenvalue weighted by atomic mass is 32.2. The van der Waals surface area contributed by atoms with E-state index in [-0.39, 0.29) is 5.78 Å². The summed E-state index contributed by atoms with van der Waals surface area (Å²) in [5, 5.41) is 1.07. The van der Waals surface area contributed by atoms with Crippen LogP contribution in [0.15, 0.2) is 36.5 Å². The van der Waals surface area contributed by atoms with E-state index >= 15 is 0 Å². The fourth-order valence-corrected chi connectivity index (χ4v) is 1.88. The van der Waals surface area contributed by atoms with Crippen LogP contribution in [0.2, 0.25) is 0 Å². The first-order chi connectivity index (χ1) is 7.31. The molecule has 1 aromatic carbocycles. The van der Waals surface area contributed by atoms with Gasteiger partial charge in [0, 0.05) is 17.1 Å². The van der Waals surface area contributed by atoms with Crippen LogP contribution in [0.1, 0.15) is 10.4 Å². The van der Waals surface area contributed by atoms with Gasteiger partial charge in [-0.2, -0.15) is 11.8 Å². The van der Waals surface area contributed by atoms with Crippen molar-refractivity contribution >= 4 is 28.4 Å². The number of Topliss-reactive ketones (excluding diaryl/α,β-unsaturated/α-hetero) is 1. The van der Waals surface area contributed by atoms with E-state index in [0.29, 0.717) is 5.75 Å². The average Bonchev–Trinajstić information content (AvgIpc) is 2.29. The molecule has 0 saturated carbocycles. The van der Waals surface area contributed by atoms with Gasteiger partial charge in [0.2, 0.25) is 0 Å². The van der Waals surface area contributed by atoms with Gasteiger partial charge in [-0.25, -0.2) is 0 Å². The molecule has 1 aromatic heterocycles. The average molecular weight is 217 g/mol. The second kappa shape index (κ2) is 4.45. The molecule has 0 fully saturated rings. The number of pyridine rings is 1. The lowest BCUT2D eigenvalue weighted by Crippen LogP contribution is -2.01. The highest BCUT2D eigenvalue weighted by Crippen LogP contribution is 2.14. The normalized spacial score (nSPS) is 10.5. The lowest BCUT2D eigenvalue weighted by molar-refractivity contribution is 0.102. The van der Waals surface area contributed by atoms with Crippen molar-refractivity contribution in [1.82, 2.24) is 4.98 Å². The van der Waals surface area contributed by atoms with Crippen molar-refractivity contribution < 1.29 is 4.79 Å². The van der Waals surface area contributed by atoms with Crippen LogP contribution in [-0.4, -0.2) is 22.8 Å². The summed E-state index contributed by atoms with van der Waals surface area (Å²) in [7, 11) is 0. The molecule has 76 valence electrons. The molecule has 15 heavy (non-hydrogen) atoms. The lowest BCUT2D eigenvalue weighted by atomic mass is 10.1. The fourth-order valence-electron chi connectivity index (χ4n) is 1.45. The summed E-state index contributed by atoms with van der Waals surface area (Å²) in [5.74, 6) is 0.688. The summed E-state index contributed by atoms with van der Waals surface area (Å²) in [6.07, 6.45) is 3.67. The van der Waals surface area contributed by atoms with Gasteiger partial charge in [-0.05, 0) is 18.4 Å².